The van der Waals surface area contributed by atoms with Gasteiger partial charge in [-0.05, 0) is 49.8 Å². The Morgan fingerprint density at radius 3 is 2.48 bits per heavy atom. The molecule has 1 N–H and O–H groups in total. The first-order valence-corrected chi connectivity index (χ1v) is 8.69. The smallest absolute Gasteiger partial charge is 0.0472 e. The lowest BCUT2D eigenvalue weighted by Gasteiger charge is -2.33. The Morgan fingerprint density at radius 1 is 1.14 bits per heavy atom. The van der Waals surface area contributed by atoms with E-state index < -0.39 is 0 Å². The molecule has 1 aliphatic carbocycles. The lowest BCUT2D eigenvalue weighted by atomic mass is 9.87. The second-order valence-electron chi connectivity index (χ2n) is 7.51. The summed E-state index contributed by atoms with van der Waals surface area (Å²) in [6.07, 6.45) is 6.81. The second-order valence-corrected chi connectivity index (χ2v) is 7.51. The van der Waals surface area contributed by atoms with Crippen LogP contribution in [-0.2, 0) is 0 Å². The van der Waals surface area contributed by atoms with Gasteiger partial charge in [0.1, 0.15) is 0 Å². The topological polar surface area (TPSA) is 15.3 Å². The van der Waals surface area contributed by atoms with Crippen LogP contribution in [0.15, 0.2) is 30.3 Å². The van der Waals surface area contributed by atoms with Crippen molar-refractivity contribution in [2.24, 2.45) is 5.41 Å². The van der Waals surface area contributed by atoms with Crippen LogP contribution >= 0.6 is 0 Å². The van der Waals surface area contributed by atoms with Crippen molar-refractivity contribution in [3.8, 4) is 0 Å². The Kier molecular flexibility index (Phi) is 4.66. The maximum absolute atomic E-state index is 3.91. The lowest BCUT2D eigenvalue weighted by molar-refractivity contribution is 0.210. The summed E-state index contributed by atoms with van der Waals surface area (Å²) in [5.74, 6) is 0. The van der Waals surface area contributed by atoms with Gasteiger partial charge in [0, 0.05) is 18.6 Å². The lowest BCUT2D eigenvalue weighted by Crippen LogP contribution is -2.43. The fourth-order valence-electron chi connectivity index (χ4n) is 4.15. The third-order valence-electron chi connectivity index (χ3n) is 5.58. The molecular formula is C19H30N2. The van der Waals surface area contributed by atoms with Gasteiger partial charge in [-0.2, -0.15) is 0 Å². The minimum Gasteiger partial charge on any atom is -0.312 e. The summed E-state index contributed by atoms with van der Waals surface area (Å²) in [4.78, 5) is 2.67. The zero-order chi connectivity index (χ0) is 14.7. The molecule has 2 heteroatoms. The van der Waals surface area contributed by atoms with Crippen LogP contribution in [0.3, 0.4) is 0 Å². The van der Waals surface area contributed by atoms with Crippen molar-refractivity contribution in [3.05, 3.63) is 35.9 Å². The van der Waals surface area contributed by atoms with Crippen LogP contribution < -0.4 is 5.32 Å². The van der Waals surface area contributed by atoms with Gasteiger partial charge in [0.2, 0.25) is 0 Å². The second kappa shape index (κ2) is 6.50. The normalized spacial score (nSPS) is 27.0. The maximum atomic E-state index is 3.91. The van der Waals surface area contributed by atoms with Gasteiger partial charge in [-0.25, -0.2) is 0 Å². The number of hydrogen-bond acceptors (Lipinski definition) is 2. The van der Waals surface area contributed by atoms with Gasteiger partial charge in [0.05, 0.1) is 0 Å². The van der Waals surface area contributed by atoms with E-state index in [1.807, 2.05) is 0 Å². The average Bonchev–Trinajstić information content (AvgIpc) is 3.11. The predicted octanol–water partition coefficient (Wildman–Crippen LogP) is 3.99. The number of hydrogen-bond donors (Lipinski definition) is 1. The quantitative estimate of drug-likeness (QED) is 0.880. The van der Waals surface area contributed by atoms with E-state index in [2.05, 4.69) is 54.4 Å². The molecule has 1 aromatic rings. The van der Waals surface area contributed by atoms with Crippen molar-refractivity contribution in [3.63, 3.8) is 0 Å². The van der Waals surface area contributed by atoms with E-state index in [-0.39, 0.29) is 0 Å². The van der Waals surface area contributed by atoms with Gasteiger partial charge in [0.15, 0.2) is 0 Å². The van der Waals surface area contributed by atoms with Crippen molar-refractivity contribution in [1.82, 2.24) is 10.2 Å². The predicted molar refractivity (Wildman–Crippen MR) is 89.4 cm³/mol. The molecule has 1 aliphatic heterocycles. The zero-order valence-corrected chi connectivity index (χ0v) is 13.6. The molecule has 1 saturated carbocycles. The monoisotopic (exact) mass is 286 g/mol. The highest BCUT2D eigenvalue weighted by atomic mass is 15.2. The molecule has 0 aromatic heterocycles. The SMILES string of the molecule is CC1(C)CCCC1NCC(c1ccccc1)N1CCCC1. The number of nitrogens with one attached hydrogen (secondary N) is 1. The third kappa shape index (κ3) is 3.49. The van der Waals surface area contributed by atoms with E-state index in [1.165, 1.54) is 50.8 Å². The molecule has 2 fully saturated rings. The first kappa shape index (κ1) is 15.1. The molecule has 3 rings (SSSR count). The molecule has 0 spiro atoms. The summed E-state index contributed by atoms with van der Waals surface area (Å²) in [7, 11) is 0. The molecular weight excluding hydrogens is 256 g/mol. The fourth-order valence-corrected chi connectivity index (χ4v) is 4.15. The highest BCUT2D eigenvalue weighted by molar-refractivity contribution is 5.20. The molecule has 0 amide bonds. The number of rotatable bonds is 5. The van der Waals surface area contributed by atoms with Gasteiger partial charge in [-0.1, -0.05) is 50.6 Å². The molecule has 0 bridgehead atoms. The molecule has 1 saturated heterocycles. The molecule has 2 atom stereocenters. The number of likely N-dealkylation sites (tertiary alicyclic amines) is 1. The maximum Gasteiger partial charge on any atom is 0.0472 e. The molecule has 2 unspecified atom stereocenters. The van der Waals surface area contributed by atoms with Crippen molar-refractivity contribution < 1.29 is 0 Å². The Balaban J connectivity index is 1.68. The van der Waals surface area contributed by atoms with Crippen molar-refractivity contribution in [2.45, 2.75) is 58.0 Å². The Hall–Kier alpha value is -0.860. The highest BCUT2D eigenvalue weighted by Crippen LogP contribution is 2.37. The van der Waals surface area contributed by atoms with E-state index in [1.54, 1.807) is 0 Å². The van der Waals surface area contributed by atoms with Gasteiger partial charge in [0.25, 0.3) is 0 Å². The zero-order valence-electron chi connectivity index (χ0n) is 13.6. The van der Waals surface area contributed by atoms with Gasteiger partial charge < -0.3 is 5.32 Å². The molecule has 21 heavy (non-hydrogen) atoms. The van der Waals surface area contributed by atoms with E-state index in [4.69, 9.17) is 0 Å². The first-order chi connectivity index (χ1) is 10.2. The molecule has 2 aliphatic rings. The van der Waals surface area contributed by atoms with Crippen molar-refractivity contribution in [2.75, 3.05) is 19.6 Å². The van der Waals surface area contributed by atoms with Crippen LogP contribution in [-0.4, -0.2) is 30.6 Å². The highest BCUT2D eigenvalue weighted by Gasteiger charge is 2.35. The van der Waals surface area contributed by atoms with Crippen LogP contribution in [0.1, 0.15) is 57.6 Å². The van der Waals surface area contributed by atoms with Crippen LogP contribution in [0.5, 0.6) is 0 Å². The standard InChI is InChI=1S/C19H30N2/c1-19(2)12-8-11-18(19)20-15-17(21-13-6-7-14-21)16-9-4-3-5-10-16/h3-5,9-10,17-18,20H,6-8,11-15H2,1-2H3. The largest absolute Gasteiger partial charge is 0.312 e. The summed E-state index contributed by atoms with van der Waals surface area (Å²) in [5, 5.41) is 3.91. The molecule has 1 heterocycles. The summed E-state index contributed by atoms with van der Waals surface area (Å²) < 4.78 is 0. The van der Waals surface area contributed by atoms with E-state index in [0.717, 1.165) is 6.54 Å². The summed E-state index contributed by atoms with van der Waals surface area (Å²) in [6, 6.07) is 12.3. The van der Waals surface area contributed by atoms with Gasteiger partial charge in [-0.3, -0.25) is 4.90 Å². The van der Waals surface area contributed by atoms with Crippen LogP contribution in [0, 0.1) is 5.41 Å². The fraction of sp³-hybridized carbons (Fsp3) is 0.684. The van der Waals surface area contributed by atoms with Crippen molar-refractivity contribution >= 4 is 0 Å². The Bertz CT molecular complexity index is 434. The molecule has 116 valence electrons. The third-order valence-corrected chi connectivity index (χ3v) is 5.58. The summed E-state index contributed by atoms with van der Waals surface area (Å²) in [5.41, 5.74) is 1.94. The van der Waals surface area contributed by atoms with Crippen LogP contribution in [0.4, 0.5) is 0 Å². The van der Waals surface area contributed by atoms with Crippen molar-refractivity contribution in [1.29, 1.82) is 0 Å². The summed E-state index contributed by atoms with van der Waals surface area (Å²) in [6.45, 7) is 8.46. The Morgan fingerprint density at radius 2 is 1.86 bits per heavy atom. The van der Waals surface area contributed by atoms with Crippen LogP contribution in [0.25, 0.3) is 0 Å². The molecule has 0 radical (unpaired) electrons. The number of nitrogens with zero attached hydrogens (tertiary/aromatic N) is 1. The average molecular weight is 286 g/mol. The number of benzene rings is 1. The van der Waals surface area contributed by atoms with Gasteiger partial charge in [-0.15, -0.1) is 0 Å². The first-order valence-electron chi connectivity index (χ1n) is 8.69. The molecule has 1 aromatic carbocycles. The summed E-state index contributed by atoms with van der Waals surface area (Å²) >= 11 is 0. The Labute approximate surface area is 129 Å². The van der Waals surface area contributed by atoms with E-state index in [9.17, 15) is 0 Å². The minimum atomic E-state index is 0.465. The van der Waals surface area contributed by atoms with E-state index in [0.29, 0.717) is 17.5 Å². The van der Waals surface area contributed by atoms with Gasteiger partial charge >= 0.3 is 0 Å². The van der Waals surface area contributed by atoms with E-state index >= 15 is 0 Å². The minimum absolute atomic E-state index is 0.465. The molecule has 2 nitrogen and oxygen atoms in total. The van der Waals surface area contributed by atoms with Crippen LogP contribution in [0.2, 0.25) is 0 Å².